The van der Waals surface area contributed by atoms with Gasteiger partial charge in [0.1, 0.15) is 0 Å². The molecule has 0 aliphatic heterocycles. The highest BCUT2D eigenvalue weighted by Gasteiger charge is 2.13. The smallest absolute Gasteiger partial charge is 0.164 e. The quantitative estimate of drug-likeness (QED) is 0.221. The molecule has 6 heteroatoms. The van der Waals surface area contributed by atoms with Crippen molar-refractivity contribution in [3.05, 3.63) is 112 Å². The average molecular weight is 568 g/mol. The molecule has 4 aromatic carbocycles. The van der Waals surface area contributed by atoms with E-state index in [1.807, 2.05) is 60.7 Å². The van der Waals surface area contributed by atoms with Crippen LogP contribution in [0.3, 0.4) is 0 Å². The van der Waals surface area contributed by atoms with Crippen molar-refractivity contribution >= 4 is 31.9 Å². The first-order valence-corrected chi connectivity index (χ1v) is 12.1. The molecular formula is C28H16Br2N4. The van der Waals surface area contributed by atoms with E-state index < -0.39 is 0 Å². The summed E-state index contributed by atoms with van der Waals surface area (Å²) < 4.78 is 1.84. The fourth-order valence-corrected chi connectivity index (χ4v) is 4.88. The van der Waals surface area contributed by atoms with E-state index in [1.54, 1.807) is 12.1 Å². The molecule has 0 saturated heterocycles. The monoisotopic (exact) mass is 566 g/mol. The highest BCUT2D eigenvalue weighted by molar-refractivity contribution is 9.11. The first-order valence-electron chi connectivity index (χ1n) is 10.5. The minimum absolute atomic E-state index is 0.549. The highest BCUT2D eigenvalue weighted by Crippen LogP contribution is 2.30. The summed E-state index contributed by atoms with van der Waals surface area (Å²) in [6.45, 7) is 0. The van der Waals surface area contributed by atoms with E-state index in [0.29, 0.717) is 23.0 Å². The summed E-state index contributed by atoms with van der Waals surface area (Å²) in [7, 11) is 0. The van der Waals surface area contributed by atoms with Crippen molar-refractivity contribution in [1.82, 2.24) is 15.0 Å². The van der Waals surface area contributed by atoms with Gasteiger partial charge in [0.25, 0.3) is 0 Å². The van der Waals surface area contributed by atoms with Crippen molar-refractivity contribution < 1.29 is 0 Å². The van der Waals surface area contributed by atoms with Gasteiger partial charge in [0.15, 0.2) is 17.5 Å². The lowest BCUT2D eigenvalue weighted by molar-refractivity contribution is 1.07. The van der Waals surface area contributed by atoms with Crippen LogP contribution in [0.1, 0.15) is 5.56 Å². The summed E-state index contributed by atoms with van der Waals surface area (Å²) in [5.41, 5.74) is 5.45. The van der Waals surface area contributed by atoms with Gasteiger partial charge >= 0.3 is 0 Å². The van der Waals surface area contributed by atoms with Crippen LogP contribution in [-0.4, -0.2) is 15.0 Å². The fraction of sp³-hybridized carbons (Fsp3) is 0. The Labute approximate surface area is 214 Å². The topological polar surface area (TPSA) is 62.5 Å². The maximum atomic E-state index is 9.14. The lowest BCUT2D eigenvalue weighted by Crippen LogP contribution is -2.00. The van der Waals surface area contributed by atoms with Gasteiger partial charge in [-0.15, -0.1) is 0 Å². The fourth-order valence-electron chi connectivity index (χ4n) is 3.58. The SMILES string of the molecule is N#Cc1ccc(-c2nc(-c3ccc(-c4ccccc4)cc3)nc(-c3cc(Br)cc(Br)c3)n2)cc1. The molecule has 0 aliphatic carbocycles. The molecule has 0 amide bonds. The van der Waals surface area contributed by atoms with Crippen LogP contribution in [0, 0.1) is 11.3 Å². The number of aromatic nitrogens is 3. The van der Waals surface area contributed by atoms with Gasteiger partial charge in [0.05, 0.1) is 11.6 Å². The number of halogens is 2. The van der Waals surface area contributed by atoms with Gasteiger partial charge in [0.2, 0.25) is 0 Å². The largest absolute Gasteiger partial charge is 0.208 e. The van der Waals surface area contributed by atoms with E-state index >= 15 is 0 Å². The Balaban J connectivity index is 1.63. The Morgan fingerprint density at radius 2 is 0.941 bits per heavy atom. The second-order valence-corrected chi connectivity index (χ2v) is 9.43. The van der Waals surface area contributed by atoms with E-state index in [2.05, 4.69) is 62.2 Å². The summed E-state index contributed by atoms with van der Waals surface area (Å²) in [4.78, 5) is 14.3. The second kappa shape index (κ2) is 9.68. The molecule has 0 spiro atoms. The summed E-state index contributed by atoms with van der Waals surface area (Å²) in [5.74, 6) is 1.70. The summed E-state index contributed by atoms with van der Waals surface area (Å²) in [6.07, 6.45) is 0. The van der Waals surface area contributed by atoms with Crippen LogP contribution in [0.4, 0.5) is 0 Å². The average Bonchev–Trinajstić information content (AvgIpc) is 2.88. The maximum absolute atomic E-state index is 9.14. The van der Waals surface area contributed by atoms with Crippen molar-refractivity contribution in [2.45, 2.75) is 0 Å². The third-order valence-corrected chi connectivity index (χ3v) is 6.19. The Morgan fingerprint density at radius 3 is 1.47 bits per heavy atom. The second-order valence-electron chi connectivity index (χ2n) is 7.60. The predicted octanol–water partition coefficient (Wildman–Crippen LogP) is 7.94. The standard InChI is InChI=1S/C28H16Br2N4/c29-24-14-23(15-25(30)16-24)28-33-26(21-8-6-18(17-31)7-9-21)32-27(34-28)22-12-10-20(11-13-22)19-4-2-1-3-5-19/h1-16H. The Kier molecular flexibility index (Phi) is 6.31. The normalized spacial score (nSPS) is 10.6. The van der Waals surface area contributed by atoms with Gasteiger partial charge in [-0.3, -0.25) is 0 Å². The summed E-state index contributed by atoms with van der Waals surface area (Å²) in [5, 5.41) is 9.14. The third-order valence-electron chi connectivity index (χ3n) is 5.28. The molecule has 1 aromatic heterocycles. The zero-order valence-electron chi connectivity index (χ0n) is 17.8. The molecule has 1 heterocycles. The minimum atomic E-state index is 0.549. The van der Waals surface area contributed by atoms with Crippen LogP contribution < -0.4 is 0 Å². The van der Waals surface area contributed by atoms with Gasteiger partial charge in [-0.05, 0) is 53.6 Å². The van der Waals surface area contributed by atoms with Gasteiger partial charge in [-0.1, -0.05) is 86.5 Å². The molecule has 0 aliphatic rings. The van der Waals surface area contributed by atoms with E-state index in [9.17, 15) is 0 Å². The van der Waals surface area contributed by atoms with Gasteiger partial charge in [-0.25, -0.2) is 15.0 Å². The zero-order valence-corrected chi connectivity index (χ0v) is 21.0. The molecule has 5 rings (SSSR count). The van der Waals surface area contributed by atoms with E-state index in [4.69, 9.17) is 20.2 Å². The van der Waals surface area contributed by atoms with Crippen molar-refractivity contribution in [2.75, 3.05) is 0 Å². The minimum Gasteiger partial charge on any atom is -0.208 e. The number of hydrogen-bond acceptors (Lipinski definition) is 4. The first kappa shape index (κ1) is 22.1. The van der Waals surface area contributed by atoms with E-state index in [1.165, 1.54) is 0 Å². The summed E-state index contributed by atoms with van der Waals surface area (Å²) >= 11 is 7.10. The lowest BCUT2D eigenvalue weighted by Gasteiger charge is -2.10. The van der Waals surface area contributed by atoms with Crippen LogP contribution in [-0.2, 0) is 0 Å². The molecule has 0 N–H and O–H groups in total. The van der Waals surface area contributed by atoms with Crippen LogP contribution in [0.25, 0.3) is 45.3 Å². The molecule has 0 fully saturated rings. The molecular weight excluding hydrogens is 552 g/mol. The van der Waals surface area contributed by atoms with Gasteiger partial charge in [0, 0.05) is 25.6 Å². The molecule has 4 nitrogen and oxygen atoms in total. The molecule has 0 saturated carbocycles. The number of rotatable bonds is 4. The van der Waals surface area contributed by atoms with Crippen LogP contribution >= 0.6 is 31.9 Å². The molecule has 5 aromatic rings. The van der Waals surface area contributed by atoms with Gasteiger partial charge in [-0.2, -0.15) is 5.26 Å². The van der Waals surface area contributed by atoms with Crippen molar-refractivity contribution in [3.63, 3.8) is 0 Å². The number of nitrogens with zero attached hydrogens (tertiary/aromatic N) is 4. The number of benzene rings is 4. The Bertz CT molecular complexity index is 1490. The number of nitriles is 1. The van der Waals surface area contributed by atoms with E-state index in [-0.39, 0.29) is 0 Å². The van der Waals surface area contributed by atoms with Crippen LogP contribution in [0.5, 0.6) is 0 Å². The Hall–Kier alpha value is -3.66. The summed E-state index contributed by atoms with van der Waals surface area (Å²) in [6, 6.07) is 33.8. The van der Waals surface area contributed by atoms with Crippen molar-refractivity contribution in [2.24, 2.45) is 0 Å². The highest BCUT2D eigenvalue weighted by atomic mass is 79.9. The third kappa shape index (κ3) is 4.81. The Morgan fingerprint density at radius 1 is 0.500 bits per heavy atom. The molecule has 34 heavy (non-hydrogen) atoms. The first-order chi connectivity index (χ1) is 16.6. The van der Waals surface area contributed by atoms with Crippen LogP contribution in [0.2, 0.25) is 0 Å². The molecule has 0 unspecified atom stereocenters. The zero-order chi connectivity index (χ0) is 23.5. The molecule has 162 valence electrons. The lowest BCUT2D eigenvalue weighted by atomic mass is 10.0. The van der Waals surface area contributed by atoms with Crippen molar-refractivity contribution in [1.29, 1.82) is 5.26 Å². The maximum Gasteiger partial charge on any atom is 0.164 e. The van der Waals surface area contributed by atoms with Crippen LogP contribution in [0.15, 0.2) is 106 Å². The van der Waals surface area contributed by atoms with Crippen molar-refractivity contribution in [3.8, 4) is 51.4 Å². The molecule has 0 bridgehead atoms. The van der Waals surface area contributed by atoms with Gasteiger partial charge < -0.3 is 0 Å². The van der Waals surface area contributed by atoms with E-state index in [0.717, 1.165) is 36.8 Å². The molecule has 0 atom stereocenters. The molecule has 0 radical (unpaired) electrons. The predicted molar refractivity (Wildman–Crippen MR) is 142 cm³/mol. The number of hydrogen-bond donors (Lipinski definition) is 0.